The second-order valence-corrected chi connectivity index (χ2v) is 5.44. The Morgan fingerprint density at radius 3 is 2.77 bits per heavy atom. The molecule has 22 heavy (non-hydrogen) atoms. The largest absolute Gasteiger partial charge is 0.445 e. The van der Waals surface area contributed by atoms with Crippen molar-refractivity contribution >= 4 is 12.2 Å². The van der Waals surface area contributed by atoms with Crippen LogP contribution in [0.4, 0.5) is 4.79 Å². The van der Waals surface area contributed by atoms with Crippen molar-refractivity contribution in [2.45, 2.75) is 19.6 Å². The van der Waals surface area contributed by atoms with Crippen LogP contribution in [-0.4, -0.2) is 17.5 Å². The van der Waals surface area contributed by atoms with E-state index in [1.54, 1.807) is 4.90 Å². The minimum absolute atomic E-state index is 0.248. The van der Waals surface area contributed by atoms with E-state index in [9.17, 15) is 4.79 Å². The van der Waals surface area contributed by atoms with Crippen LogP contribution in [0.2, 0.25) is 0 Å². The standard InChI is InChI=1S/C19H19NO2/c1-2-15-8-9-18-13-20(11-10-17(18)12-15)19(21)22-14-16-6-4-3-5-7-16/h2-9,12H,1,10-11,13-14H2. The van der Waals surface area contributed by atoms with Crippen LogP contribution >= 0.6 is 0 Å². The topological polar surface area (TPSA) is 29.5 Å². The maximum atomic E-state index is 12.2. The summed E-state index contributed by atoms with van der Waals surface area (Å²) in [6, 6.07) is 16.0. The summed E-state index contributed by atoms with van der Waals surface area (Å²) in [5, 5.41) is 0. The van der Waals surface area contributed by atoms with Crippen LogP contribution in [0.3, 0.4) is 0 Å². The van der Waals surface area contributed by atoms with Crippen LogP contribution in [0.5, 0.6) is 0 Å². The van der Waals surface area contributed by atoms with Crippen molar-refractivity contribution in [1.29, 1.82) is 0 Å². The lowest BCUT2D eigenvalue weighted by atomic mass is 9.97. The minimum Gasteiger partial charge on any atom is -0.445 e. The molecule has 0 unspecified atom stereocenters. The number of hydrogen-bond acceptors (Lipinski definition) is 2. The lowest BCUT2D eigenvalue weighted by Crippen LogP contribution is -2.36. The minimum atomic E-state index is -0.248. The number of carbonyl (C=O) groups is 1. The zero-order valence-corrected chi connectivity index (χ0v) is 12.5. The van der Waals surface area contributed by atoms with E-state index in [0.29, 0.717) is 19.7 Å². The molecule has 0 bridgehead atoms. The normalized spacial score (nSPS) is 13.4. The molecule has 0 fully saturated rings. The molecule has 1 amide bonds. The van der Waals surface area contributed by atoms with Crippen LogP contribution in [-0.2, 0) is 24.3 Å². The van der Waals surface area contributed by atoms with Gasteiger partial charge in [0.05, 0.1) is 0 Å². The highest BCUT2D eigenvalue weighted by molar-refractivity contribution is 5.68. The van der Waals surface area contributed by atoms with Gasteiger partial charge in [-0.05, 0) is 28.7 Å². The number of nitrogens with zero attached hydrogens (tertiary/aromatic N) is 1. The Bertz CT molecular complexity index is 679. The number of benzene rings is 2. The number of ether oxygens (including phenoxy) is 1. The van der Waals surface area contributed by atoms with E-state index < -0.39 is 0 Å². The first-order chi connectivity index (χ1) is 10.8. The average molecular weight is 293 g/mol. The molecule has 3 nitrogen and oxygen atoms in total. The van der Waals surface area contributed by atoms with E-state index in [2.05, 4.69) is 18.7 Å². The maximum Gasteiger partial charge on any atom is 0.410 e. The molecule has 112 valence electrons. The monoisotopic (exact) mass is 293 g/mol. The smallest absolute Gasteiger partial charge is 0.410 e. The van der Waals surface area contributed by atoms with E-state index in [4.69, 9.17) is 4.74 Å². The third-order valence-electron chi connectivity index (χ3n) is 3.94. The molecule has 1 heterocycles. The molecule has 0 radical (unpaired) electrons. The predicted molar refractivity (Wildman–Crippen MR) is 87.3 cm³/mol. The van der Waals surface area contributed by atoms with Crippen molar-refractivity contribution in [2.75, 3.05) is 6.54 Å². The summed E-state index contributed by atoms with van der Waals surface area (Å²) >= 11 is 0. The molecule has 3 heteroatoms. The van der Waals surface area contributed by atoms with Gasteiger partial charge in [0.2, 0.25) is 0 Å². The third-order valence-corrected chi connectivity index (χ3v) is 3.94. The molecule has 1 aliphatic rings. The van der Waals surface area contributed by atoms with Gasteiger partial charge >= 0.3 is 6.09 Å². The van der Waals surface area contributed by atoms with Crippen LogP contribution in [0.15, 0.2) is 55.1 Å². The van der Waals surface area contributed by atoms with Gasteiger partial charge in [0, 0.05) is 13.1 Å². The summed E-state index contributed by atoms with van der Waals surface area (Å²) in [7, 11) is 0. The van der Waals surface area contributed by atoms with Crippen LogP contribution < -0.4 is 0 Å². The van der Waals surface area contributed by atoms with Crippen molar-refractivity contribution in [3.05, 3.63) is 77.4 Å². The Balaban J connectivity index is 1.61. The fourth-order valence-electron chi connectivity index (χ4n) is 2.67. The molecular formula is C19H19NO2. The molecule has 0 atom stereocenters. The fraction of sp³-hybridized carbons (Fsp3) is 0.211. The summed E-state index contributed by atoms with van der Waals surface area (Å²) in [6.45, 7) is 5.42. The molecular weight excluding hydrogens is 274 g/mol. The van der Waals surface area contributed by atoms with Crippen LogP contribution in [0.25, 0.3) is 6.08 Å². The highest BCUT2D eigenvalue weighted by Crippen LogP contribution is 2.21. The average Bonchev–Trinajstić information content (AvgIpc) is 2.59. The van der Waals surface area contributed by atoms with Gasteiger partial charge in [-0.3, -0.25) is 0 Å². The maximum absolute atomic E-state index is 12.2. The third kappa shape index (κ3) is 3.19. The molecule has 0 saturated carbocycles. The quantitative estimate of drug-likeness (QED) is 0.855. The zero-order chi connectivity index (χ0) is 15.4. The van der Waals surface area contributed by atoms with Crippen molar-refractivity contribution in [2.24, 2.45) is 0 Å². The fourth-order valence-corrected chi connectivity index (χ4v) is 2.67. The predicted octanol–water partition coefficient (Wildman–Crippen LogP) is 4.02. The molecule has 2 aromatic rings. The number of carbonyl (C=O) groups excluding carboxylic acids is 1. The van der Waals surface area contributed by atoms with E-state index >= 15 is 0 Å². The van der Waals surface area contributed by atoms with Crippen molar-refractivity contribution in [1.82, 2.24) is 4.90 Å². The first-order valence-electron chi connectivity index (χ1n) is 7.46. The lowest BCUT2D eigenvalue weighted by molar-refractivity contribution is 0.0918. The number of amides is 1. The Labute approximate surface area is 130 Å². The van der Waals surface area contributed by atoms with Crippen LogP contribution in [0, 0.1) is 0 Å². The highest BCUT2D eigenvalue weighted by atomic mass is 16.6. The van der Waals surface area contributed by atoms with Gasteiger partial charge in [-0.25, -0.2) is 4.79 Å². The van der Waals surface area contributed by atoms with E-state index in [-0.39, 0.29) is 6.09 Å². The van der Waals surface area contributed by atoms with Crippen molar-refractivity contribution < 1.29 is 9.53 Å². The Hall–Kier alpha value is -2.55. The van der Waals surface area contributed by atoms with Gasteiger partial charge in [0.15, 0.2) is 0 Å². The second-order valence-electron chi connectivity index (χ2n) is 5.44. The molecule has 3 rings (SSSR count). The molecule has 0 saturated heterocycles. The molecule has 0 aromatic heterocycles. The Morgan fingerprint density at radius 1 is 1.18 bits per heavy atom. The van der Waals surface area contributed by atoms with Gasteiger partial charge in [0.25, 0.3) is 0 Å². The van der Waals surface area contributed by atoms with Gasteiger partial charge in [-0.1, -0.05) is 61.2 Å². The van der Waals surface area contributed by atoms with E-state index in [0.717, 1.165) is 17.5 Å². The molecule has 0 spiro atoms. The van der Waals surface area contributed by atoms with Crippen LogP contribution in [0.1, 0.15) is 22.3 Å². The summed E-state index contributed by atoms with van der Waals surface area (Å²) in [4.78, 5) is 14.0. The zero-order valence-electron chi connectivity index (χ0n) is 12.5. The summed E-state index contributed by atoms with van der Waals surface area (Å²) in [5.74, 6) is 0. The number of hydrogen-bond donors (Lipinski definition) is 0. The molecule has 2 aromatic carbocycles. The summed E-state index contributed by atoms with van der Waals surface area (Å²) in [6.07, 6.45) is 2.46. The second kappa shape index (κ2) is 6.48. The molecule has 1 aliphatic heterocycles. The summed E-state index contributed by atoms with van der Waals surface area (Å²) < 4.78 is 5.40. The Morgan fingerprint density at radius 2 is 2.00 bits per heavy atom. The highest BCUT2D eigenvalue weighted by Gasteiger charge is 2.21. The lowest BCUT2D eigenvalue weighted by Gasteiger charge is -2.28. The molecule has 0 aliphatic carbocycles. The van der Waals surface area contributed by atoms with Gasteiger partial charge < -0.3 is 9.64 Å². The van der Waals surface area contributed by atoms with Gasteiger partial charge in [-0.2, -0.15) is 0 Å². The van der Waals surface area contributed by atoms with Gasteiger partial charge in [-0.15, -0.1) is 0 Å². The Kier molecular flexibility index (Phi) is 4.24. The van der Waals surface area contributed by atoms with E-state index in [1.165, 1.54) is 11.1 Å². The number of fused-ring (bicyclic) bond motifs is 1. The SMILES string of the molecule is C=Cc1ccc2c(c1)CCN(C(=O)OCc1ccccc1)C2. The van der Waals surface area contributed by atoms with Gasteiger partial charge in [0.1, 0.15) is 6.61 Å². The molecule has 0 N–H and O–H groups in total. The van der Waals surface area contributed by atoms with Crippen molar-refractivity contribution in [3.8, 4) is 0 Å². The summed E-state index contributed by atoms with van der Waals surface area (Å²) in [5.41, 5.74) is 4.61. The van der Waals surface area contributed by atoms with E-state index in [1.807, 2.05) is 42.5 Å². The first-order valence-corrected chi connectivity index (χ1v) is 7.46. The first kappa shape index (κ1) is 14.4. The van der Waals surface area contributed by atoms with Crippen molar-refractivity contribution in [3.63, 3.8) is 0 Å². The number of rotatable bonds is 3.